The first-order valence-corrected chi connectivity index (χ1v) is 9.52. The van der Waals surface area contributed by atoms with E-state index in [1.54, 1.807) is 51.1 Å². The van der Waals surface area contributed by atoms with Crippen LogP contribution in [0, 0.1) is 13.8 Å². The topological polar surface area (TPSA) is 115 Å². The highest BCUT2D eigenvalue weighted by Crippen LogP contribution is 2.21. The maximum absolute atomic E-state index is 12.7. The van der Waals surface area contributed by atoms with Gasteiger partial charge < -0.3 is 19.8 Å². The molecule has 2 atom stereocenters. The SMILES string of the molecule is COC(=O)c1c(C)[nH]c(C(=O)C(C)OC(=O)CC(C)NC(=O)c2ccccc2)c1C. The molecule has 30 heavy (non-hydrogen) atoms. The lowest BCUT2D eigenvalue weighted by Crippen LogP contribution is -2.35. The van der Waals surface area contributed by atoms with Crippen LogP contribution in [0.25, 0.3) is 0 Å². The summed E-state index contributed by atoms with van der Waals surface area (Å²) in [6, 6.07) is 8.16. The molecule has 1 aromatic heterocycles. The molecular weight excluding hydrogens is 388 g/mol. The van der Waals surface area contributed by atoms with Gasteiger partial charge in [-0.2, -0.15) is 0 Å². The smallest absolute Gasteiger partial charge is 0.339 e. The number of H-pyrrole nitrogens is 1. The molecule has 0 saturated carbocycles. The van der Waals surface area contributed by atoms with Gasteiger partial charge in [0.05, 0.1) is 24.8 Å². The van der Waals surface area contributed by atoms with Crippen molar-refractivity contribution in [3.63, 3.8) is 0 Å². The lowest BCUT2D eigenvalue weighted by Gasteiger charge is -2.16. The maximum atomic E-state index is 12.7. The number of hydrogen-bond acceptors (Lipinski definition) is 6. The molecule has 160 valence electrons. The van der Waals surface area contributed by atoms with Crippen molar-refractivity contribution in [1.29, 1.82) is 0 Å². The first-order chi connectivity index (χ1) is 14.1. The normalized spacial score (nSPS) is 12.6. The van der Waals surface area contributed by atoms with E-state index < -0.39 is 29.9 Å². The van der Waals surface area contributed by atoms with Gasteiger partial charge in [-0.15, -0.1) is 0 Å². The van der Waals surface area contributed by atoms with E-state index in [0.717, 1.165) is 0 Å². The molecule has 0 bridgehead atoms. The second-order valence-electron chi connectivity index (χ2n) is 7.06. The van der Waals surface area contributed by atoms with Crippen molar-refractivity contribution in [2.24, 2.45) is 0 Å². The molecule has 0 radical (unpaired) electrons. The van der Waals surface area contributed by atoms with Gasteiger partial charge in [0.25, 0.3) is 5.91 Å². The van der Waals surface area contributed by atoms with E-state index in [9.17, 15) is 19.2 Å². The van der Waals surface area contributed by atoms with Crippen LogP contribution in [0.15, 0.2) is 30.3 Å². The zero-order valence-corrected chi connectivity index (χ0v) is 17.7. The molecule has 0 aliphatic carbocycles. The number of aromatic nitrogens is 1. The van der Waals surface area contributed by atoms with Crippen molar-refractivity contribution >= 4 is 23.6 Å². The summed E-state index contributed by atoms with van der Waals surface area (Å²) in [5, 5.41) is 2.72. The van der Waals surface area contributed by atoms with Crippen molar-refractivity contribution in [3.05, 3.63) is 58.4 Å². The van der Waals surface area contributed by atoms with E-state index in [-0.39, 0.29) is 23.6 Å². The maximum Gasteiger partial charge on any atom is 0.339 e. The van der Waals surface area contributed by atoms with Gasteiger partial charge >= 0.3 is 11.9 Å². The summed E-state index contributed by atoms with van der Waals surface area (Å²) in [5.41, 5.74) is 1.91. The third-order valence-electron chi connectivity index (χ3n) is 4.64. The molecule has 8 nitrogen and oxygen atoms in total. The third-order valence-corrected chi connectivity index (χ3v) is 4.64. The molecule has 2 N–H and O–H groups in total. The molecule has 1 amide bonds. The molecule has 8 heteroatoms. The standard InChI is InChI=1S/C22H26N2O6/c1-12(23-21(27)16-9-7-6-8-10-16)11-17(25)30-15(4)20(26)19-13(2)18(14(3)24-19)22(28)29-5/h6-10,12,15,24H,11H2,1-5H3,(H,23,27). The van der Waals surface area contributed by atoms with E-state index in [0.29, 0.717) is 16.8 Å². The number of ketones is 1. The van der Waals surface area contributed by atoms with Gasteiger partial charge in [-0.05, 0) is 45.4 Å². The number of methoxy groups -OCH3 is 1. The molecule has 1 heterocycles. The zero-order valence-electron chi connectivity index (χ0n) is 17.7. The predicted molar refractivity (Wildman–Crippen MR) is 109 cm³/mol. The summed E-state index contributed by atoms with van der Waals surface area (Å²) < 4.78 is 9.97. The van der Waals surface area contributed by atoms with Crippen LogP contribution in [0.2, 0.25) is 0 Å². The number of Topliss-reactive ketones (excluding diaryl/α,β-unsaturated/α-hetero) is 1. The van der Waals surface area contributed by atoms with Crippen LogP contribution in [0.1, 0.15) is 62.7 Å². The van der Waals surface area contributed by atoms with Gasteiger partial charge in [-0.3, -0.25) is 14.4 Å². The summed E-state index contributed by atoms with van der Waals surface area (Å²) in [6.07, 6.45) is -1.15. The fourth-order valence-electron chi connectivity index (χ4n) is 3.10. The van der Waals surface area contributed by atoms with E-state index in [1.807, 2.05) is 0 Å². The molecule has 1 aromatic carbocycles. The Bertz CT molecular complexity index is 948. The second kappa shape index (κ2) is 9.87. The summed E-state index contributed by atoms with van der Waals surface area (Å²) in [6.45, 7) is 6.42. The number of carbonyl (C=O) groups excluding carboxylic acids is 4. The lowest BCUT2D eigenvalue weighted by atomic mass is 10.1. The van der Waals surface area contributed by atoms with Gasteiger partial charge in [0.15, 0.2) is 6.10 Å². The summed E-state index contributed by atoms with van der Waals surface area (Å²) in [5.74, 6) is -1.92. The Balaban J connectivity index is 1.96. The average Bonchev–Trinajstić information content (AvgIpc) is 3.01. The quantitative estimate of drug-likeness (QED) is 0.507. The highest BCUT2D eigenvalue weighted by Gasteiger charge is 2.27. The number of hydrogen-bond donors (Lipinski definition) is 2. The fourth-order valence-corrected chi connectivity index (χ4v) is 3.10. The molecule has 2 unspecified atom stereocenters. The second-order valence-corrected chi connectivity index (χ2v) is 7.06. The Hall–Kier alpha value is -3.42. The van der Waals surface area contributed by atoms with Crippen molar-refractivity contribution < 1.29 is 28.7 Å². The van der Waals surface area contributed by atoms with Crippen LogP contribution < -0.4 is 5.32 Å². The molecule has 2 rings (SSSR count). The molecule has 0 fully saturated rings. The molecule has 0 aliphatic heterocycles. The van der Waals surface area contributed by atoms with Gasteiger partial charge in [0.2, 0.25) is 5.78 Å². The number of benzene rings is 1. The predicted octanol–water partition coefficient (Wildman–Crippen LogP) is 2.74. The van der Waals surface area contributed by atoms with E-state index >= 15 is 0 Å². The summed E-state index contributed by atoms with van der Waals surface area (Å²) in [4.78, 5) is 51.8. The Morgan fingerprint density at radius 3 is 2.30 bits per heavy atom. The van der Waals surface area contributed by atoms with Crippen molar-refractivity contribution in [1.82, 2.24) is 10.3 Å². The Kier molecular flexibility index (Phi) is 7.52. The van der Waals surface area contributed by atoms with Crippen LogP contribution in [-0.4, -0.2) is 47.9 Å². The highest BCUT2D eigenvalue weighted by molar-refractivity contribution is 6.04. The number of aromatic amines is 1. The first-order valence-electron chi connectivity index (χ1n) is 9.52. The minimum absolute atomic E-state index is 0.0909. The van der Waals surface area contributed by atoms with E-state index in [4.69, 9.17) is 9.47 Å². The van der Waals surface area contributed by atoms with Crippen molar-refractivity contribution in [2.75, 3.05) is 7.11 Å². The van der Waals surface area contributed by atoms with Crippen LogP contribution in [0.3, 0.4) is 0 Å². The first kappa shape index (κ1) is 22.9. The van der Waals surface area contributed by atoms with E-state index in [2.05, 4.69) is 10.3 Å². The molecular formula is C22H26N2O6. The number of carbonyl (C=O) groups is 4. The number of rotatable bonds is 8. The van der Waals surface area contributed by atoms with Gasteiger partial charge in [-0.1, -0.05) is 18.2 Å². The van der Waals surface area contributed by atoms with Crippen molar-refractivity contribution in [3.8, 4) is 0 Å². The van der Waals surface area contributed by atoms with E-state index in [1.165, 1.54) is 14.0 Å². The highest BCUT2D eigenvalue weighted by atomic mass is 16.5. The third kappa shape index (κ3) is 5.34. The van der Waals surface area contributed by atoms with Crippen LogP contribution in [0.5, 0.6) is 0 Å². The van der Waals surface area contributed by atoms with Crippen LogP contribution in [0.4, 0.5) is 0 Å². The minimum Gasteiger partial charge on any atom is -0.465 e. The lowest BCUT2D eigenvalue weighted by molar-refractivity contribution is -0.146. The Morgan fingerprint density at radius 1 is 1.07 bits per heavy atom. The number of esters is 2. The van der Waals surface area contributed by atoms with Crippen LogP contribution >= 0.6 is 0 Å². The van der Waals surface area contributed by atoms with Crippen LogP contribution in [-0.2, 0) is 14.3 Å². The summed E-state index contributed by atoms with van der Waals surface area (Å²) >= 11 is 0. The van der Waals surface area contributed by atoms with Gasteiger partial charge in [-0.25, -0.2) is 4.79 Å². The molecule has 2 aromatic rings. The largest absolute Gasteiger partial charge is 0.465 e. The molecule has 0 saturated heterocycles. The van der Waals surface area contributed by atoms with Gasteiger partial charge in [0.1, 0.15) is 0 Å². The minimum atomic E-state index is -1.06. The monoisotopic (exact) mass is 414 g/mol. The summed E-state index contributed by atoms with van der Waals surface area (Å²) in [7, 11) is 1.26. The van der Waals surface area contributed by atoms with Crippen molar-refractivity contribution in [2.45, 2.75) is 46.3 Å². The van der Waals surface area contributed by atoms with Gasteiger partial charge in [0, 0.05) is 17.3 Å². The Morgan fingerprint density at radius 2 is 1.70 bits per heavy atom. The number of amides is 1. The number of nitrogens with one attached hydrogen (secondary N) is 2. The Labute approximate surface area is 175 Å². The molecule has 0 spiro atoms. The zero-order chi connectivity index (χ0) is 22.4. The average molecular weight is 414 g/mol. The number of aryl methyl sites for hydroxylation is 1. The fraction of sp³-hybridized carbons (Fsp3) is 0.364. The molecule has 0 aliphatic rings. The number of ether oxygens (including phenoxy) is 2.